The highest BCUT2D eigenvalue weighted by atomic mass is 35.5. The molecule has 1 saturated heterocycles. The van der Waals surface area contributed by atoms with E-state index in [9.17, 15) is 36.6 Å². The maximum Gasteiger partial charge on any atom is 0.243 e. The van der Waals surface area contributed by atoms with Crippen molar-refractivity contribution in [3.05, 3.63) is 57.6 Å². The fourth-order valence-corrected chi connectivity index (χ4v) is 6.38. The number of carbonyl (C=O) groups excluding carboxylic acids is 2. The van der Waals surface area contributed by atoms with Crippen LogP contribution in [0.5, 0.6) is 0 Å². The number of carbonyl (C=O) groups is 2. The summed E-state index contributed by atoms with van der Waals surface area (Å²) in [5.74, 6) is -3.27. The molecule has 1 aliphatic rings. The van der Waals surface area contributed by atoms with Crippen LogP contribution in [-0.2, 0) is 20.0 Å². The number of hydrogen-bond donors (Lipinski definition) is 0. The van der Waals surface area contributed by atoms with Gasteiger partial charge in [0.05, 0.1) is 21.7 Å². The zero-order chi connectivity index (χ0) is 23.8. The molecule has 0 atom stereocenters. The van der Waals surface area contributed by atoms with Crippen LogP contribution in [0.1, 0.15) is 20.7 Å². The molecule has 0 unspecified atom stereocenters. The number of carboxylic acids is 2. The van der Waals surface area contributed by atoms with Crippen LogP contribution in [0.3, 0.4) is 0 Å². The van der Waals surface area contributed by atoms with E-state index >= 15 is 0 Å². The Morgan fingerprint density at radius 1 is 0.688 bits per heavy atom. The first-order chi connectivity index (χ1) is 14.9. The van der Waals surface area contributed by atoms with Gasteiger partial charge in [-0.2, -0.15) is 8.61 Å². The van der Waals surface area contributed by atoms with Crippen LogP contribution in [0.15, 0.2) is 46.2 Å². The first-order valence-corrected chi connectivity index (χ1v) is 12.5. The lowest BCUT2D eigenvalue weighted by Crippen LogP contribution is -2.50. The lowest BCUT2D eigenvalue weighted by molar-refractivity contribution is -0.256. The SMILES string of the molecule is O=C([O-])c1cc(S(=O)(=O)N2CCN(S(=O)(=O)c3ccc(Cl)c(C(=O)[O-])c3)CC2)ccc1Cl. The van der Waals surface area contributed by atoms with E-state index in [1.54, 1.807) is 0 Å². The molecule has 32 heavy (non-hydrogen) atoms. The lowest BCUT2D eigenvalue weighted by atomic mass is 10.2. The Morgan fingerprint density at radius 2 is 1.00 bits per heavy atom. The summed E-state index contributed by atoms with van der Waals surface area (Å²) in [5, 5.41) is 21.9. The molecule has 0 radical (unpaired) electrons. The summed E-state index contributed by atoms with van der Waals surface area (Å²) >= 11 is 11.5. The second kappa shape index (κ2) is 8.96. The van der Waals surface area contributed by atoms with E-state index in [2.05, 4.69) is 0 Å². The molecule has 0 spiro atoms. The van der Waals surface area contributed by atoms with E-state index in [0.29, 0.717) is 0 Å². The highest BCUT2D eigenvalue weighted by molar-refractivity contribution is 7.89. The van der Waals surface area contributed by atoms with Gasteiger partial charge in [-0.15, -0.1) is 0 Å². The quantitative estimate of drug-likeness (QED) is 0.489. The number of hydrogen-bond acceptors (Lipinski definition) is 8. The molecule has 1 aliphatic heterocycles. The molecule has 3 rings (SSSR count). The van der Waals surface area contributed by atoms with Crippen LogP contribution >= 0.6 is 23.2 Å². The number of nitrogens with zero attached hydrogens (tertiary/aromatic N) is 2. The van der Waals surface area contributed by atoms with Crippen LogP contribution in [0.2, 0.25) is 10.0 Å². The van der Waals surface area contributed by atoms with Crippen molar-refractivity contribution in [1.29, 1.82) is 0 Å². The van der Waals surface area contributed by atoms with Gasteiger partial charge in [0.25, 0.3) is 0 Å². The van der Waals surface area contributed by atoms with Crippen LogP contribution in [-0.4, -0.2) is 63.6 Å². The Morgan fingerprint density at radius 3 is 1.28 bits per heavy atom. The summed E-state index contributed by atoms with van der Waals surface area (Å²) in [6.45, 7) is -0.866. The average molecular weight is 521 g/mol. The Hall–Kier alpha value is -2.22. The predicted octanol–water partition coefficient (Wildman–Crippen LogP) is -0.584. The molecule has 0 bridgehead atoms. The molecular formula is C18H14Cl2N2O8S2-2. The third-order valence-corrected chi connectivity index (χ3v) is 9.24. The largest absolute Gasteiger partial charge is 0.545 e. The highest BCUT2D eigenvalue weighted by Gasteiger charge is 2.34. The number of sulfonamides is 2. The van der Waals surface area contributed by atoms with E-state index < -0.39 is 43.1 Å². The molecule has 0 N–H and O–H groups in total. The van der Waals surface area contributed by atoms with E-state index in [-0.39, 0.29) is 46.0 Å². The van der Waals surface area contributed by atoms with Crippen LogP contribution in [0.4, 0.5) is 0 Å². The average Bonchev–Trinajstić information content (AvgIpc) is 2.73. The Kier molecular flexibility index (Phi) is 6.84. The summed E-state index contributed by atoms with van der Waals surface area (Å²) in [6.07, 6.45) is 0. The van der Waals surface area contributed by atoms with Crippen LogP contribution in [0, 0.1) is 0 Å². The molecule has 1 heterocycles. The fraction of sp³-hybridized carbons (Fsp3) is 0.222. The molecule has 0 aromatic heterocycles. The van der Waals surface area contributed by atoms with E-state index in [0.717, 1.165) is 45.0 Å². The second-order valence-corrected chi connectivity index (χ2v) is 11.4. The molecule has 14 heteroatoms. The number of aromatic carboxylic acids is 2. The second-order valence-electron chi connectivity index (χ2n) is 6.67. The van der Waals surface area contributed by atoms with Gasteiger partial charge in [0.15, 0.2) is 0 Å². The van der Waals surface area contributed by atoms with Crippen molar-refractivity contribution in [3.63, 3.8) is 0 Å². The van der Waals surface area contributed by atoms with Gasteiger partial charge in [-0.3, -0.25) is 0 Å². The summed E-state index contributed by atoms with van der Waals surface area (Å²) in [7, 11) is -8.27. The molecule has 0 saturated carbocycles. The summed E-state index contributed by atoms with van der Waals surface area (Å²) in [6, 6.07) is 6.28. The van der Waals surface area contributed by atoms with Crippen molar-refractivity contribution in [2.45, 2.75) is 9.79 Å². The zero-order valence-corrected chi connectivity index (χ0v) is 19.2. The smallest absolute Gasteiger partial charge is 0.243 e. The molecule has 2 aromatic carbocycles. The van der Waals surface area contributed by atoms with Gasteiger partial charge in [-0.05, 0) is 36.4 Å². The zero-order valence-electron chi connectivity index (χ0n) is 16.0. The van der Waals surface area contributed by atoms with Crippen molar-refractivity contribution in [3.8, 4) is 0 Å². The van der Waals surface area contributed by atoms with Crippen LogP contribution < -0.4 is 10.2 Å². The number of piperazine rings is 1. The first-order valence-electron chi connectivity index (χ1n) is 8.88. The third-order valence-electron chi connectivity index (χ3n) is 4.79. The molecule has 2 aromatic rings. The van der Waals surface area contributed by atoms with E-state index in [1.165, 1.54) is 0 Å². The minimum absolute atomic E-state index is 0.182. The van der Waals surface area contributed by atoms with Crippen molar-refractivity contribution in [1.82, 2.24) is 8.61 Å². The normalized spacial score (nSPS) is 16.1. The monoisotopic (exact) mass is 520 g/mol. The lowest BCUT2D eigenvalue weighted by Gasteiger charge is -2.33. The number of rotatable bonds is 6. The van der Waals surface area contributed by atoms with E-state index in [1.807, 2.05) is 0 Å². The maximum absolute atomic E-state index is 12.9. The minimum atomic E-state index is -4.13. The van der Waals surface area contributed by atoms with Gasteiger partial charge in [-0.1, -0.05) is 23.2 Å². The summed E-state index contributed by atoms with van der Waals surface area (Å²) in [4.78, 5) is 21.6. The van der Waals surface area contributed by atoms with Gasteiger partial charge in [0.1, 0.15) is 0 Å². The fourth-order valence-electron chi connectivity index (χ4n) is 3.09. The molecule has 0 aliphatic carbocycles. The summed E-state index contributed by atoms with van der Waals surface area (Å²) in [5.41, 5.74) is -0.971. The topological polar surface area (TPSA) is 155 Å². The third kappa shape index (κ3) is 4.60. The standard InChI is InChI=1S/C18H16Cl2N2O8S2/c19-15-3-1-11(9-13(15)17(23)24)31(27,28)21-5-7-22(8-6-21)32(29,30)12-2-4-16(20)14(10-12)18(25)26/h1-4,9-10H,5-8H2,(H,23,24)(H,25,26)/p-2. The molecule has 172 valence electrons. The molecular weight excluding hydrogens is 507 g/mol. The maximum atomic E-state index is 12.9. The van der Waals surface area contributed by atoms with Gasteiger partial charge >= 0.3 is 0 Å². The van der Waals surface area contributed by atoms with Gasteiger partial charge in [0, 0.05) is 47.4 Å². The number of carboxylic acid groups (broad SMARTS) is 2. The Bertz CT molecular complexity index is 1200. The van der Waals surface area contributed by atoms with Gasteiger partial charge in [-0.25, -0.2) is 16.8 Å². The predicted molar refractivity (Wildman–Crippen MR) is 109 cm³/mol. The van der Waals surface area contributed by atoms with Crippen molar-refractivity contribution in [2.24, 2.45) is 0 Å². The van der Waals surface area contributed by atoms with Crippen molar-refractivity contribution in [2.75, 3.05) is 26.2 Å². The van der Waals surface area contributed by atoms with Gasteiger partial charge in [0.2, 0.25) is 20.0 Å². The first kappa shape index (κ1) is 24.4. The van der Waals surface area contributed by atoms with Crippen molar-refractivity contribution < 1.29 is 36.6 Å². The minimum Gasteiger partial charge on any atom is -0.545 e. The Balaban J connectivity index is 1.81. The molecule has 1 fully saturated rings. The molecule has 10 nitrogen and oxygen atoms in total. The van der Waals surface area contributed by atoms with Crippen molar-refractivity contribution >= 4 is 55.2 Å². The number of benzene rings is 2. The van der Waals surface area contributed by atoms with Crippen LogP contribution in [0.25, 0.3) is 0 Å². The Labute approximate surface area is 193 Å². The highest BCUT2D eigenvalue weighted by Crippen LogP contribution is 2.26. The van der Waals surface area contributed by atoms with Gasteiger partial charge < -0.3 is 19.8 Å². The summed E-state index contributed by atoms with van der Waals surface area (Å²) < 4.78 is 53.5. The number of halogens is 2. The van der Waals surface area contributed by atoms with E-state index in [4.69, 9.17) is 23.2 Å². The molecule has 0 amide bonds.